The molecule has 0 saturated heterocycles. The van der Waals surface area contributed by atoms with Crippen LogP contribution in [-0.2, 0) is 49.8 Å². The molecule has 462 valence electrons. The van der Waals surface area contributed by atoms with Gasteiger partial charge < -0.3 is 28.8 Å². The molecule has 4 atom stereocenters. The third-order valence-electron chi connectivity index (χ3n) is 14.9. The molecule has 24 heteroatoms. The molecule has 0 aliphatic rings. The second-order valence-electron chi connectivity index (χ2n) is 20.4. The lowest BCUT2D eigenvalue weighted by atomic mass is 9.81. The number of carbonyl (C=O) groups excluding carboxylic acids is 2. The molecular weight excluding hydrogens is 1210 g/mol. The van der Waals surface area contributed by atoms with Gasteiger partial charge in [-0.1, -0.05) is 105 Å². The van der Waals surface area contributed by atoms with Gasteiger partial charge in [0.25, 0.3) is 0 Å². The Hall–Kier alpha value is -10.4. The van der Waals surface area contributed by atoms with Crippen LogP contribution in [0.25, 0.3) is 22.5 Å². The molecule has 0 fully saturated rings. The molecule has 0 aliphatic carbocycles. The van der Waals surface area contributed by atoms with Crippen LogP contribution in [0, 0.1) is 23.3 Å². The number of hydrogen-bond acceptors (Lipinski definition) is 18. The van der Waals surface area contributed by atoms with Crippen LogP contribution in [-0.4, -0.2) is 83.6 Å². The van der Waals surface area contributed by atoms with E-state index in [9.17, 15) is 23.5 Å². The fraction of sp³-hybridized carbons (Fsp3) is 0.164. The number of thiazole rings is 2. The zero-order chi connectivity index (χ0) is 63.9. The lowest BCUT2D eigenvalue weighted by molar-refractivity contribution is -0.148. The minimum absolute atomic E-state index is 0.00340. The minimum atomic E-state index is -1.60. The van der Waals surface area contributed by atoms with Crippen molar-refractivity contribution in [2.45, 2.75) is 56.6 Å². The molecule has 0 aliphatic heterocycles. The van der Waals surface area contributed by atoms with Crippen LogP contribution in [0.4, 0.5) is 28.9 Å². The predicted molar refractivity (Wildman–Crippen MR) is 335 cm³/mol. The van der Waals surface area contributed by atoms with Crippen LogP contribution in [0.3, 0.4) is 0 Å². The zero-order valence-electron chi connectivity index (χ0n) is 48.8. The van der Waals surface area contributed by atoms with Crippen molar-refractivity contribution in [3.05, 3.63) is 261 Å². The maximum atomic E-state index is 15.8. The summed E-state index contributed by atoms with van der Waals surface area (Å²) in [7, 11) is 0. The summed E-state index contributed by atoms with van der Waals surface area (Å²) < 4.78 is 92.2. The normalized spacial score (nSPS) is 13.1. The molecule has 4 heterocycles. The maximum Gasteiger partial charge on any atom is 0.344 e. The van der Waals surface area contributed by atoms with Crippen molar-refractivity contribution in [1.29, 1.82) is 0 Å². The number of aliphatic imine (C=N–C) groups is 2. The second kappa shape index (κ2) is 29.3. The van der Waals surface area contributed by atoms with Gasteiger partial charge in [0, 0.05) is 57.0 Å². The lowest BCUT2D eigenvalue weighted by Crippen LogP contribution is -2.42. The van der Waals surface area contributed by atoms with Crippen molar-refractivity contribution in [1.82, 2.24) is 39.5 Å². The number of aromatic hydroxyl groups is 1. The third kappa shape index (κ3) is 15.0. The second-order valence-corrected chi connectivity index (χ2v) is 22.2. The Morgan fingerprint density at radius 1 is 0.582 bits per heavy atom. The van der Waals surface area contributed by atoms with Gasteiger partial charge in [0.2, 0.25) is 0 Å². The van der Waals surface area contributed by atoms with Crippen molar-refractivity contribution in [2.75, 3.05) is 13.6 Å². The molecule has 4 aromatic heterocycles. The van der Waals surface area contributed by atoms with Crippen LogP contribution in [0.5, 0.6) is 11.5 Å². The largest absolute Gasteiger partial charge is 0.507 e. The number of phenolic OH excluding ortho intramolecular Hbond substituents is 1. The van der Waals surface area contributed by atoms with Crippen molar-refractivity contribution < 1.29 is 55.9 Å². The molecule has 0 spiro atoms. The van der Waals surface area contributed by atoms with Crippen LogP contribution >= 0.6 is 22.7 Å². The first-order valence-corrected chi connectivity index (χ1v) is 29.7. The Bertz CT molecular complexity index is 4260. The highest BCUT2D eigenvalue weighted by molar-refractivity contribution is 7.10. The Kier molecular flexibility index (Phi) is 20.5. The predicted octanol–water partition coefficient (Wildman–Crippen LogP) is 14.4. The molecule has 11 rings (SSSR count). The van der Waals surface area contributed by atoms with E-state index < -0.39 is 71.8 Å². The highest BCUT2D eigenvalue weighted by Gasteiger charge is 2.47. The van der Waals surface area contributed by atoms with E-state index in [1.165, 1.54) is 81.6 Å². The van der Waals surface area contributed by atoms with E-state index in [4.69, 9.17) is 33.7 Å². The lowest BCUT2D eigenvalue weighted by Gasteiger charge is -2.38. The minimum Gasteiger partial charge on any atom is -0.507 e. The molecule has 18 nitrogen and oxygen atoms in total. The van der Waals surface area contributed by atoms with Crippen LogP contribution < -0.4 is 4.74 Å². The highest BCUT2D eigenvalue weighted by Crippen LogP contribution is 2.47. The van der Waals surface area contributed by atoms with E-state index in [0.29, 0.717) is 32.8 Å². The SMILES string of the molecule is C=Nc1ccc(-c2csc([C@H](C)C(Cn3cncn3)(OCOC(=O)c3ccccc3O)c3ccc(F)cc3F)n2)cc1.C=Nc1ccc(-c2csc([C@H](C)C(Cn3cncn3)(OCOC(=O)c3ccccc3OCc3ccccc3)c3ccc(F)cc3F)n2)cc1. The quantitative estimate of drug-likeness (QED) is 0.0244. The van der Waals surface area contributed by atoms with Gasteiger partial charge in [-0.2, -0.15) is 10.2 Å². The smallest absolute Gasteiger partial charge is 0.344 e. The van der Waals surface area contributed by atoms with Gasteiger partial charge in [0.1, 0.15) is 89.0 Å². The number of esters is 2. The van der Waals surface area contributed by atoms with Gasteiger partial charge in [0.05, 0.1) is 45.9 Å². The maximum absolute atomic E-state index is 15.8. The highest BCUT2D eigenvalue weighted by atomic mass is 32.1. The van der Waals surface area contributed by atoms with Gasteiger partial charge in [0.15, 0.2) is 13.6 Å². The number of hydrogen-bond donors (Lipinski definition) is 1. The number of nitrogens with zero attached hydrogens (tertiary/aromatic N) is 10. The Balaban J connectivity index is 0.000000202. The zero-order valence-corrected chi connectivity index (χ0v) is 50.4. The number of phenols is 1. The van der Waals surface area contributed by atoms with Crippen molar-refractivity contribution in [3.63, 3.8) is 0 Å². The molecular formula is C67H56F4N10O8S2. The van der Waals surface area contributed by atoms with Gasteiger partial charge in [-0.15, -0.1) is 22.7 Å². The van der Waals surface area contributed by atoms with E-state index >= 15 is 8.78 Å². The van der Waals surface area contributed by atoms with Gasteiger partial charge in [-0.3, -0.25) is 9.98 Å². The molecule has 0 amide bonds. The van der Waals surface area contributed by atoms with Gasteiger partial charge >= 0.3 is 11.9 Å². The van der Waals surface area contributed by atoms with Crippen molar-refractivity contribution >= 4 is 59.4 Å². The van der Waals surface area contributed by atoms with E-state index in [1.807, 2.05) is 96.5 Å². The molecule has 1 N–H and O–H groups in total. The summed E-state index contributed by atoms with van der Waals surface area (Å²) in [6.07, 6.45) is 5.55. The van der Waals surface area contributed by atoms with Crippen LogP contribution in [0.15, 0.2) is 210 Å². The summed E-state index contributed by atoms with van der Waals surface area (Å²) in [5, 5.41) is 23.4. The molecule has 91 heavy (non-hydrogen) atoms. The number of ether oxygens (including phenoxy) is 5. The Morgan fingerprint density at radius 3 is 1.48 bits per heavy atom. The van der Waals surface area contributed by atoms with Crippen molar-refractivity contribution in [2.24, 2.45) is 9.98 Å². The summed E-state index contributed by atoms with van der Waals surface area (Å²) in [6.45, 7) is 9.57. The molecule has 7 aromatic carbocycles. The molecule has 0 radical (unpaired) electrons. The summed E-state index contributed by atoms with van der Waals surface area (Å²) in [5.41, 5.74) is 2.37. The van der Waals surface area contributed by atoms with Crippen molar-refractivity contribution in [3.8, 4) is 34.0 Å². The Labute approximate surface area is 527 Å². The standard InChI is InChI=1S/C37H31F2N5O4S.C30H25F2N5O4S/c1-25(35-43-33(20-49-35)27-12-15-29(40-2)16-13-27)37(21-44-23-41-22-42-44,31-17-14-28(38)18-32(31)39)48-24-47-36(45)30-10-6-7-11-34(30)46-19-26-8-4-3-5-9-26;1-19(28-36-26(14-42-28)20-7-10-22(33-2)11-8-20)30(15-37-17-34-16-35-37,24-12-9-21(31)13-25(24)32)41-18-40-29(39)23-5-3-4-6-27(23)38/h3-18,20,22-23,25H,2,19,21,24H2,1H3;3-14,16-17,19,38H,2,15,18H2,1H3/t25-,37?;19-,30?/m00/s1. The first-order valence-electron chi connectivity index (χ1n) is 27.9. The monoisotopic (exact) mass is 1270 g/mol. The topological polar surface area (TPSA) is 212 Å². The van der Waals surface area contributed by atoms with Gasteiger partial charge in [-0.25, -0.2) is 56.5 Å². The summed E-state index contributed by atoms with van der Waals surface area (Å²) in [5.74, 6) is -6.04. The van der Waals surface area contributed by atoms with E-state index in [0.717, 1.165) is 46.6 Å². The van der Waals surface area contributed by atoms with Crippen LogP contribution in [0.1, 0.15) is 73.1 Å². The molecule has 0 bridgehead atoms. The van der Waals surface area contributed by atoms with Crippen LogP contribution in [0.2, 0.25) is 0 Å². The third-order valence-corrected chi connectivity index (χ3v) is 16.9. The summed E-state index contributed by atoms with van der Waals surface area (Å²) in [6, 6.07) is 43.4. The van der Waals surface area contributed by atoms with E-state index in [1.54, 1.807) is 43.3 Å². The molecule has 0 saturated carbocycles. The van der Waals surface area contributed by atoms with E-state index in [2.05, 4.69) is 43.6 Å². The average Bonchev–Trinajstić information content (AvgIpc) is 2.08. The van der Waals surface area contributed by atoms with E-state index in [-0.39, 0.29) is 47.7 Å². The molecule has 2 unspecified atom stereocenters. The number of para-hydroxylation sites is 2. The number of carbonyl (C=O) groups is 2. The Morgan fingerprint density at radius 2 is 1.03 bits per heavy atom. The fourth-order valence-corrected chi connectivity index (χ4v) is 11.9. The fourth-order valence-electron chi connectivity index (χ4n) is 9.97. The van der Waals surface area contributed by atoms with Gasteiger partial charge in [-0.05, 0) is 79.7 Å². The summed E-state index contributed by atoms with van der Waals surface area (Å²) in [4.78, 5) is 51.7. The number of rotatable bonds is 25. The number of aromatic nitrogens is 8. The number of halogens is 4. The molecule has 11 aromatic rings. The first-order chi connectivity index (χ1) is 44.2. The first kappa shape index (κ1) is 63.6. The number of benzene rings is 7. The summed E-state index contributed by atoms with van der Waals surface area (Å²) >= 11 is 2.69. The average molecular weight is 1270 g/mol.